The van der Waals surface area contributed by atoms with Crippen LogP contribution in [0.4, 0.5) is 0 Å². The number of nitrogens with one attached hydrogen (secondary N) is 1. The first kappa shape index (κ1) is 23.7. The molecule has 0 radical (unpaired) electrons. The van der Waals surface area contributed by atoms with Crippen molar-refractivity contribution in [2.45, 2.75) is 63.4 Å². The lowest BCUT2D eigenvalue weighted by molar-refractivity contribution is -0.139. The summed E-state index contributed by atoms with van der Waals surface area (Å²) in [6.45, 7) is 2.41. The summed E-state index contributed by atoms with van der Waals surface area (Å²) in [5, 5.41) is 3.88. The summed E-state index contributed by atoms with van der Waals surface area (Å²) in [5.41, 5.74) is 2.12. The van der Waals surface area contributed by atoms with Gasteiger partial charge in [-0.05, 0) is 42.5 Å². The van der Waals surface area contributed by atoms with Crippen molar-refractivity contribution in [3.8, 4) is 0 Å². The molecule has 0 aliphatic heterocycles. The van der Waals surface area contributed by atoms with Crippen molar-refractivity contribution < 1.29 is 9.59 Å². The van der Waals surface area contributed by atoms with Gasteiger partial charge in [0.25, 0.3) is 0 Å². The highest BCUT2D eigenvalue weighted by molar-refractivity contribution is 7.99. The summed E-state index contributed by atoms with van der Waals surface area (Å²) in [4.78, 5) is 28.1. The molecule has 2 amide bonds. The van der Waals surface area contributed by atoms with Gasteiger partial charge in [-0.2, -0.15) is 0 Å². The Balaban J connectivity index is 1.67. The minimum absolute atomic E-state index is 0.00990. The van der Waals surface area contributed by atoms with E-state index < -0.39 is 6.04 Å². The van der Waals surface area contributed by atoms with E-state index in [1.54, 1.807) is 16.7 Å². The molecule has 1 atom stereocenters. The smallest absolute Gasteiger partial charge is 0.243 e. The minimum atomic E-state index is -0.458. The van der Waals surface area contributed by atoms with E-state index in [9.17, 15) is 9.59 Å². The molecule has 1 aliphatic rings. The number of halogens is 1. The summed E-state index contributed by atoms with van der Waals surface area (Å²) in [5.74, 6) is 0.992. The Bertz CT molecular complexity index is 856. The summed E-state index contributed by atoms with van der Waals surface area (Å²) in [7, 11) is 0. The van der Waals surface area contributed by atoms with Crippen molar-refractivity contribution in [2.75, 3.05) is 5.75 Å². The summed E-state index contributed by atoms with van der Waals surface area (Å²) in [6.07, 6.45) is 4.98. The fraction of sp³-hybridized carbons (Fsp3) is 0.440. The lowest BCUT2D eigenvalue weighted by Gasteiger charge is -2.31. The van der Waals surface area contributed by atoms with Crippen molar-refractivity contribution in [1.29, 1.82) is 0 Å². The third kappa shape index (κ3) is 7.29. The van der Waals surface area contributed by atoms with E-state index >= 15 is 0 Å². The van der Waals surface area contributed by atoms with Crippen LogP contribution in [0.3, 0.4) is 0 Å². The Morgan fingerprint density at radius 2 is 1.81 bits per heavy atom. The monoisotopic (exact) mass is 458 g/mol. The van der Waals surface area contributed by atoms with Gasteiger partial charge in [0.1, 0.15) is 6.04 Å². The second kappa shape index (κ2) is 12.2. The van der Waals surface area contributed by atoms with E-state index in [1.165, 1.54) is 0 Å². The zero-order chi connectivity index (χ0) is 22.1. The molecular weight excluding hydrogens is 428 g/mol. The summed E-state index contributed by atoms with van der Waals surface area (Å²) < 4.78 is 0. The van der Waals surface area contributed by atoms with Crippen LogP contribution < -0.4 is 5.32 Å². The molecule has 4 nitrogen and oxygen atoms in total. The molecular formula is C25H31ClN2O2S. The highest BCUT2D eigenvalue weighted by atomic mass is 35.5. The van der Waals surface area contributed by atoms with E-state index in [0.717, 1.165) is 36.8 Å². The van der Waals surface area contributed by atoms with Crippen molar-refractivity contribution >= 4 is 35.2 Å². The van der Waals surface area contributed by atoms with Crippen LogP contribution in [0.1, 0.15) is 50.2 Å². The largest absolute Gasteiger partial charge is 0.352 e. The zero-order valence-corrected chi connectivity index (χ0v) is 19.6. The van der Waals surface area contributed by atoms with Gasteiger partial charge in [0.15, 0.2) is 0 Å². The number of amides is 2. The highest BCUT2D eigenvalue weighted by Crippen LogP contribution is 2.21. The third-order valence-electron chi connectivity index (χ3n) is 5.67. The predicted octanol–water partition coefficient (Wildman–Crippen LogP) is 5.44. The van der Waals surface area contributed by atoms with E-state index in [4.69, 9.17) is 11.6 Å². The molecule has 1 N–H and O–H groups in total. The molecule has 1 aliphatic carbocycles. The van der Waals surface area contributed by atoms with Crippen LogP contribution in [0.25, 0.3) is 0 Å². The van der Waals surface area contributed by atoms with E-state index in [0.29, 0.717) is 29.5 Å². The molecule has 6 heteroatoms. The average Bonchev–Trinajstić information content (AvgIpc) is 3.27. The summed E-state index contributed by atoms with van der Waals surface area (Å²) in [6, 6.07) is 17.4. The van der Waals surface area contributed by atoms with Crippen molar-refractivity contribution in [2.24, 2.45) is 0 Å². The molecule has 0 saturated heterocycles. The molecule has 0 aromatic heterocycles. The number of hydrogen-bond donors (Lipinski definition) is 1. The molecule has 3 rings (SSSR count). The van der Waals surface area contributed by atoms with Gasteiger partial charge in [-0.25, -0.2) is 0 Å². The van der Waals surface area contributed by atoms with Crippen LogP contribution in [0, 0.1) is 0 Å². The molecule has 2 aromatic rings. The van der Waals surface area contributed by atoms with Crippen LogP contribution in [0.15, 0.2) is 54.6 Å². The second-order valence-electron chi connectivity index (χ2n) is 8.04. The summed E-state index contributed by atoms with van der Waals surface area (Å²) >= 11 is 7.62. The molecule has 1 saturated carbocycles. The first-order valence-electron chi connectivity index (χ1n) is 11.0. The predicted molar refractivity (Wildman–Crippen MR) is 129 cm³/mol. The lowest BCUT2D eigenvalue weighted by atomic mass is 10.1. The quantitative estimate of drug-likeness (QED) is 0.515. The van der Waals surface area contributed by atoms with Crippen molar-refractivity contribution in [1.82, 2.24) is 10.2 Å². The van der Waals surface area contributed by atoms with Gasteiger partial charge in [-0.15, -0.1) is 11.8 Å². The fourth-order valence-corrected chi connectivity index (χ4v) is 5.10. The maximum Gasteiger partial charge on any atom is 0.243 e. The molecule has 31 heavy (non-hydrogen) atoms. The number of thioether (sulfide) groups is 1. The Kier molecular flexibility index (Phi) is 9.29. The fourth-order valence-electron chi connectivity index (χ4n) is 4.03. The zero-order valence-electron chi connectivity index (χ0n) is 18.1. The number of hydrogen-bond acceptors (Lipinski definition) is 3. The maximum absolute atomic E-state index is 13.2. The minimum Gasteiger partial charge on any atom is -0.352 e. The van der Waals surface area contributed by atoms with E-state index in [2.05, 4.69) is 5.32 Å². The van der Waals surface area contributed by atoms with Crippen molar-refractivity contribution in [3.05, 3.63) is 70.7 Å². The van der Waals surface area contributed by atoms with Gasteiger partial charge < -0.3 is 10.2 Å². The number of carbonyl (C=O) groups is 2. The van der Waals surface area contributed by atoms with Crippen LogP contribution in [0.2, 0.25) is 5.02 Å². The lowest BCUT2D eigenvalue weighted by Crippen LogP contribution is -2.51. The van der Waals surface area contributed by atoms with E-state index in [-0.39, 0.29) is 17.9 Å². The number of rotatable bonds is 10. The number of nitrogens with zero attached hydrogens (tertiary/aromatic N) is 1. The van der Waals surface area contributed by atoms with Gasteiger partial charge in [0.2, 0.25) is 11.8 Å². The Hall–Kier alpha value is -1.98. The van der Waals surface area contributed by atoms with Gasteiger partial charge >= 0.3 is 0 Å². The molecule has 0 spiro atoms. The molecule has 0 bridgehead atoms. The molecule has 0 unspecified atom stereocenters. The molecule has 166 valence electrons. The Morgan fingerprint density at radius 3 is 2.48 bits per heavy atom. The first-order chi connectivity index (χ1) is 15.1. The SMILES string of the molecule is CC[C@@H](C(=O)NC1CCCC1)N(Cc1ccccc1)C(=O)CSCc1cccc(Cl)c1. The van der Waals surface area contributed by atoms with Crippen LogP contribution >= 0.6 is 23.4 Å². The van der Waals surface area contributed by atoms with Gasteiger partial charge in [0.05, 0.1) is 5.75 Å². The molecule has 1 fully saturated rings. The normalized spacial score (nSPS) is 14.9. The van der Waals surface area contributed by atoms with Gasteiger partial charge in [-0.1, -0.05) is 73.8 Å². The van der Waals surface area contributed by atoms with Crippen molar-refractivity contribution in [3.63, 3.8) is 0 Å². The van der Waals surface area contributed by atoms with Gasteiger partial charge in [-0.3, -0.25) is 9.59 Å². The molecule has 2 aromatic carbocycles. The average molecular weight is 459 g/mol. The first-order valence-corrected chi connectivity index (χ1v) is 12.6. The molecule has 0 heterocycles. The van der Waals surface area contributed by atoms with Crippen LogP contribution in [0.5, 0.6) is 0 Å². The highest BCUT2D eigenvalue weighted by Gasteiger charge is 2.30. The standard InChI is InChI=1S/C25H31ClN2O2S/c1-2-23(25(30)27-22-13-6-7-14-22)28(16-19-9-4-3-5-10-19)24(29)18-31-17-20-11-8-12-21(26)15-20/h3-5,8-12,15,22-23H,2,6-7,13-14,16-18H2,1H3,(H,27,30)/t23-/m0/s1. The third-order valence-corrected chi connectivity index (χ3v) is 6.89. The number of benzene rings is 2. The Labute approximate surface area is 194 Å². The number of carbonyl (C=O) groups excluding carboxylic acids is 2. The van der Waals surface area contributed by atoms with Gasteiger partial charge in [0, 0.05) is 23.4 Å². The maximum atomic E-state index is 13.2. The Morgan fingerprint density at radius 1 is 1.10 bits per heavy atom. The topological polar surface area (TPSA) is 49.4 Å². The van der Waals surface area contributed by atoms with Crippen LogP contribution in [-0.2, 0) is 21.9 Å². The van der Waals surface area contributed by atoms with E-state index in [1.807, 2.05) is 61.5 Å². The van der Waals surface area contributed by atoms with Crippen LogP contribution in [-0.4, -0.2) is 34.6 Å². The second-order valence-corrected chi connectivity index (χ2v) is 9.47.